The minimum Gasteiger partial charge on any atom is -0.192 e. The van der Waals surface area contributed by atoms with E-state index in [2.05, 4.69) is 23.3 Å². The standard InChI is InChI=1S/C20H6N4/c21-11-17(12-22)19(10-9-15-5-1-2-6-15)20(18(13-23)14-24)16-7-3-4-8-16/h1-5,7H. The Kier molecular flexibility index (Phi) is 4.97. The van der Waals surface area contributed by atoms with Gasteiger partial charge >= 0.3 is 0 Å². The average Bonchev–Trinajstić information content (AvgIpc) is 3.30. The van der Waals surface area contributed by atoms with Crippen LogP contribution >= 0.6 is 0 Å². The maximum absolute atomic E-state index is 9.24. The second kappa shape index (κ2) is 7.51. The van der Waals surface area contributed by atoms with E-state index in [1.807, 2.05) is 0 Å². The smallest absolute Gasteiger partial charge is 0.145 e. The molecule has 2 aliphatic rings. The quantitative estimate of drug-likeness (QED) is 0.339. The molecule has 0 atom stereocenters. The fourth-order valence-corrected chi connectivity index (χ4v) is 1.94. The third kappa shape index (κ3) is 3.22. The topological polar surface area (TPSA) is 95.2 Å². The number of allylic oxidation sites excluding steroid dienone is 10. The molecule has 0 aromatic heterocycles. The van der Waals surface area contributed by atoms with Crippen molar-refractivity contribution in [1.82, 2.24) is 0 Å². The second-order valence-electron chi connectivity index (χ2n) is 4.36. The Morgan fingerprint density at radius 1 is 0.792 bits per heavy atom. The van der Waals surface area contributed by atoms with Gasteiger partial charge in [-0.2, -0.15) is 21.0 Å². The first kappa shape index (κ1) is 15.9. The van der Waals surface area contributed by atoms with Crippen LogP contribution in [0.3, 0.4) is 0 Å². The van der Waals surface area contributed by atoms with E-state index in [1.54, 1.807) is 60.7 Å². The summed E-state index contributed by atoms with van der Waals surface area (Å²) < 4.78 is 0. The molecule has 0 radical (unpaired) electrons. The van der Waals surface area contributed by atoms with Crippen LogP contribution in [0.2, 0.25) is 0 Å². The SMILES string of the molecule is N#CC(C#N)=C(C#CC1=C=CC=C1)C(C1=C=CC=C1)=C(C#N)C#N. The Morgan fingerprint density at radius 3 is 1.92 bits per heavy atom. The summed E-state index contributed by atoms with van der Waals surface area (Å²) in [5, 5.41) is 36.9. The largest absolute Gasteiger partial charge is 0.192 e. The zero-order valence-electron chi connectivity index (χ0n) is 12.3. The summed E-state index contributed by atoms with van der Waals surface area (Å²) in [6.07, 6.45) is 10.1. The molecule has 4 nitrogen and oxygen atoms in total. The van der Waals surface area contributed by atoms with Gasteiger partial charge in [0.25, 0.3) is 0 Å². The molecule has 0 amide bonds. The second-order valence-corrected chi connectivity index (χ2v) is 4.36. The molecular formula is C20H6N4. The molecule has 0 saturated heterocycles. The molecule has 0 saturated carbocycles. The van der Waals surface area contributed by atoms with Crippen molar-refractivity contribution in [3.05, 3.63) is 81.4 Å². The van der Waals surface area contributed by atoms with Crippen molar-refractivity contribution >= 4 is 0 Å². The highest BCUT2D eigenvalue weighted by atomic mass is 14.3. The van der Waals surface area contributed by atoms with Gasteiger partial charge < -0.3 is 0 Å². The third-order valence-electron chi connectivity index (χ3n) is 2.98. The van der Waals surface area contributed by atoms with Crippen LogP contribution in [0, 0.1) is 57.2 Å². The van der Waals surface area contributed by atoms with Crippen molar-refractivity contribution in [2.75, 3.05) is 0 Å². The van der Waals surface area contributed by atoms with Crippen molar-refractivity contribution in [1.29, 1.82) is 21.0 Å². The summed E-state index contributed by atoms with van der Waals surface area (Å²) in [6.45, 7) is 0. The van der Waals surface area contributed by atoms with E-state index in [0.717, 1.165) is 0 Å². The Balaban J connectivity index is 2.80. The van der Waals surface area contributed by atoms with Crippen LogP contribution in [0.25, 0.3) is 0 Å². The van der Waals surface area contributed by atoms with E-state index < -0.39 is 0 Å². The van der Waals surface area contributed by atoms with Crippen LogP contribution in [0.1, 0.15) is 0 Å². The first-order valence-electron chi connectivity index (χ1n) is 6.63. The van der Waals surface area contributed by atoms with Crippen molar-refractivity contribution in [2.45, 2.75) is 0 Å². The average molecular weight is 302 g/mol. The van der Waals surface area contributed by atoms with Crippen LogP contribution in [-0.2, 0) is 0 Å². The fraction of sp³-hybridized carbons (Fsp3) is 0. The highest BCUT2D eigenvalue weighted by Crippen LogP contribution is 2.27. The summed E-state index contributed by atoms with van der Waals surface area (Å²) in [6, 6.07) is 7.11. The predicted octanol–water partition coefficient (Wildman–Crippen LogP) is 2.98. The van der Waals surface area contributed by atoms with Gasteiger partial charge in [0.2, 0.25) is 0 Å². The Morgan fingerprint density at radius 2 is 1.42 bits per heavy atom. The normalized spacial score (nSPS) is 11.8. The lowest BCUT2D eigenvalue weighted by Gasteiger charge is -2.06. The van der Waals surface area contributed by atoms with E-state index in [0.29, 0.717) is 11.1 Å². The molecule has 2 aliphatic carbocycles. The minimum absolute atomic E-state index is 0.0233. The highest BCUT2D eigenvalue weighted by Gasteiger charge is 2.19. The first-order chi connectivity index (χ1) is 11.7. The van der Waals surface area contributed by atoms with Crippen LogP contribution in [0.15, 0.2) is 81.4 Å². The molecule has 0 heterocycles. The minimum atomic E-state index is -0.276. The van der Waals surface area contributed by atoms with E-state index >= 15 is 0 Å². The predicted molar refractivity (Wildman–Crippen MR) is 85.8 cm³/mol. The summed E-state index contributed by atoms with van der Waals surface area (Å²) in [4.78, 5) is 0. The summed E-state index contributed by atoms with van der Waals surface area (Å²) in [5.41, 5.74) is 6.39. The zero-order valence-corrected chi connectivity index (χ0v) is 12.3. The van der Waals surface area contributed by atoms with Crippen molar-refractivity contribution in [2.24, 2.45) is 0 Å². The van der Waals surface area contributed by atoms with Gasteiger partial charge in [-0.1, -0.05) is 24.0 Å². The molecule has 0 aliphatic heterocycles. The van der Waals surface area contributed by atoms with Gasteiger partial charge in [-0.05, 0) is 24.3 Å². The van der Waals surface area contributed by atoms with Gasteiger partial charge in [0.15, 0.2) is 0 Å². The van der Waals surface area contributed by atoms with Gasteiger partial charge in [-0.25, -0.2) is 0 Å². The molecule has 0 unspecified atom stereocenters. The highest BCUT2D eigenvalue weighted by molar-refractivity contribution is 5.71. The van der Waals surface area contributed by atoms with E-state index in [4.69, 9.17) is 0 Å². The Hall–Kier alpha value is -4.48. The lowest BCUT2D eigenvalue weighted by atomic mass is 9.91. The van der Waals surface area contributed by atoms with Gasteiger partial charge in [0.1, 0.15) is 35.4 Å². The number of nitriles is 4. The van der Waals surface area contributed by atoms with Crippen LogP contribution in [0.4, 0.5) is 0 Å². The number of rotatable bonds is 2. The third-order valence-corrected chi connectivity index (χ3v) is 2.98. The van der Waals surface area contributed by atoms with Gasteiger partial charge in [0.05, 0.1) is 11.1 Å². The molecule has 0 N–H and O–H groups in total. The van der Waals surface area contributed by atoms with Crippen LogP contribution in [-0.4, -0.2) is 0 Å². The monoisotopic (exact) mass is 302 g/mol. The molecule has 0 spiro atoms. The molecule has 0 aromatic carbocycles. The van der Waals surface area contributed by atoms with Crippen LogP contribution in [0.5, 0.6) is 0 Å². The zero-order chi connectivity index (χ0) is 17.4. The molecular weight excluding hydrogens is 296 g/mol. The van der Waals surface area contributed by atoms with Gasteiger partial charge in [0, 0.05) is 11.1 Å². The summed E-state index contributed by atoms with van der Waals surface area (Å²) >= 11 is 0. The molecule has 4 heteroatoms. The van der Waals surface area contributed by atoms with Crippen molar-refractivity contribution in [3.8, 4) is 36.1 Å². The number of hydrogen-bond donors (Lipinski definition) is 0. The lowest BCUT2D eigenvalue weighted by molar-refractivity contribution is 1.37. The van der Waals surface area contributed by atoms with Gasteiger partial charge in [-0.15, -0.1) is 11.5 Å². The fourth-order valence-electron chi connectivity index (χ4n) is 1.94. The number of hydrogen-bond acceptors (Lipinski definition) is 4. The Labute approximate surface area is 139 Å². The number of nitrogens with zero attached hydrogens (tertiary/aromatic N) is 4. The van der Waals surface area contributed by atoms with Crippen molar-refractivity contribution in [3.63, 3.8) is 0 Å². The lowest BCUT2D eigenvalue weighted by Crippen LogP contribution is -1.98. The maximum Gasteiger partial charge on any atom is 0.145 e. The maximum atomic E-state index is 9.24. The molecule has 106 valence electrons. The molecule has 2 rings (SSSR count). The summed E-state index contributed by atoms with van der Waals surface area (Å²) in [5.74, 6) is 5.52. The first-order valence-corrected chi connectivity index (χ1v) is 6.63. The molecule has 0 bridgehead atoms. The van der Waals surface area contributed by atoms with E-state index in [9.17, 15) is 21.0 Å². The molecule has 0 aromatic rings. The molecule has 24 heavy (non-hydrogen) atoms. The van der Waals surface area contributed by atoms with E-state index in [1.165, 1.54) is 0 Å². The van der Waals surface area contributed by atoms with E-state index in [-0.39, 0.29) is 22.3 Å². The van der Waals surface area contributed by atoms with Crippen LogP contribution < -0.4 is 0 Å². The van der Waals surface area contributed by atoms with Crippen molar-refractivity contribution < 1.29 is 0 Å². The molecule has 0 fully saturated rings. The van der Waals surface area contributed by atoms with Gasteiger partial charge in [-0.3, -0.25) is 0 Å². The Bertz CT molecular complexity index is 1060. The summed E-state index contributed by atoms with van der Waals surface area (Å²) in [7, 11) is 0.